The highest BCUT2D eigenvalue weighted by atomic mass is 32.1. The molecule has 0 spiro atoms. The SMILES string of the molecule is CCN(Cc1cccs1)c1nc(C(C)N)cs1. The van der Waals surface area contributed by atoms with E-state index in [1.54, 1.807) is 22.7 Å². The smallest absolute Gasteiger partial charge is 0.185 e. The van der Waals surface area contributed by atoms with Crippen LogP contribution in [0, 0.1) is 0 Å². The van der Waals surface area contributed by atoms with Crippen molar-refractivity contribution in [2.75, 3.05) is 11.4 Å². The topological polar surface area (TPSA) is 42.2 Å². The van der Waals surface area contributed by atoms with E-state index in [0.29, 0.717) is 0 Å². The predicted molar refractivity (Wildman–Crippen MR) is 75.8 cm³/mol. The Balaban J connectivity index is 2.11. The first-order chi connectivity index (χ1) is 8.20. The molecule has 1 atom stereocenters. The lowest BCUT2D eigenvalue weighted by atomic mass is 10.3. The number of thiazole rings is 1. The predicted octanol–water partition coefficient (Wildman–Crippen LogP) is 3.25. The van der Waals surface area contributed by atoms with Crippen molar-refractivity contribution in [2.45, 2.75) is 26.4 Å². The Labute approximate surface area is 110 Å². The van der Waals surface area contributed by atoms with Gasteiger partial charge < -0.3 is 10.6 Å². The number of aromatic nitrogens is 1. The third-order valence-corrected chi connectivity index (χ3v) is 4.34. The van der Waals surface area contributed by atoms with Crippen LogP contribution in [-0.2, 0) is 6.54 Å². The van der Waals surface area contributed by atoms with Gasteiger partial charge >= 0.3 is 0 Å². The van der Waals surface area contributed by atoms with Crippen molar-refractivity contribution in [1.82, 2.24) is 4.98 Å². The molecule has 0 aliphatic carbocycles. The highest BCUT2D eigenvalue weighted by Crippen LogP contribution is 2.25. The zero-order valence-corrected chi connectivity index (χ0v) is 11.7. The second-order valence-electron chi connectivity index (χ2n) is 3.94. The number of thiophene rings is 1. The summed E-state index contributed by atoms with van der Waals surface area (Å²) in [6.45, 7) is 6.01. The van der Waals surface area contributed by atoms with Crippen LogP contribution in [0.15, 0.2) is 22.9 Å². The van der Waals surface area contributed by atoms with Gasteiger partial charge in [-0.1, -0.05) is 6.07 Å². The molecule has 0 saturated carbocycles. The van der Waals surface area contributed by atoms with Crippen LogP contribution in [0.3, 0.4) is 0 Å². The summed E-state index contributed by atoms with van der Waals surface area (Å²) in [7, 11) is 0. The molecule has 1 unspecified atom stereocenters. The molecule has 3 nitrogen and oxygen atoms in total. The number of anilines is 1. The van der Waals surface area contributed by atoms with Gasteiger partial charge in [0.1, 0.15) is 0 Å². The first kappa shape index (κ1) is 12.5. The molecule has 2 aromatic heterocycles. The number of hydrogen-bond donors (Lipinski definition) is 1. The zero-order chi connectivity index (χ0) is 12.3. The fourth-order valence-corrected chi connectivity index (χ4v) is 3.25. The van der Waals surface area contributed by atoms with Crippen LogP contribution in [0.5, 0.6) is 0 Å². The van der Waals surface area contributed by atoms with E-state index in [4.69, 9.17) is 5.73 Å². The van der Waals surface area contributed by atoms with Gasteiger partial charge in [-0.15, -0.1) is 22.7 Å². The first-order valence-corrected chi connectivity index (χ1v) is 7.45. The lowest BCUT2D eigenvalue weighted by Crippen LogP contribution is -2.21. The second kappa shape index (κ2) is 5.62. The fourth-order valence-electron chi connectivity index (χ4n) is 1.54. The summed E-state index contributed by atoms with van der Waals surface area (Å²) in [6.07, 6.45) is 0. The summed E-state index contributed by atoms with van der Waals surface area (Å²) in [4.78, 5) is 8.23. The second-order valence-corrected chi connectivity index (χ2v) is 5.81. The van der Waals surface area contributed by atoms with Gasteiger partial charge in [0.15, 0.2) is 5.13 Å². The maximum absolute atomic E-state index is 5.83. The summed E-state index contributed by atoms with van der Waals surface area (Å²) in [6, 6.07) is 4.26. The van der Waals surface area contributed by atoms with Gasteiger partial charge in [-0.3, -0.25) is 0 Å². The summed E-state index contributed by atoms with van der Waals surface area (Å²) in [5.41, 5.74) is 6.81. The molecule has 2 N–H and O–H groups in total. The van der Waals surface area contributed by atoms with E-state index in [1.165, 1.54) is 4.88 Å². The molecule has 2 aromatic rings. The molecule has 0 amide bonds. The average molecular weight is 267 g/mol. The van der Waals surface area contributed by atoms with Gasteiger partial charge in [0.2, 0.25) is 0 Å². The van der Waals surface area contributed by atoms with E-state index in [9.17, 15) is 0 Å². The number of nitrogens with zero attached hydrogens (tertiary/aromatic N) is 2. The van der Waals surface area contributed by atoms with Crippen molar-refractivity contribution in [3.63, 3.8) is 0 Å². The van der Waals surface area contributed by atoms with Crippen LogP contribution in [-0.4, -0.2) is 11.5 Å². The molecule has 2 heterocycles. The molecule has 0 saturated heterocycles. The van der Waals surface area contributed by atoms with E-state index in [0.717, 1.165) is 23.9 Å². The molecule has 0 aliphatic heterocycles. The Kier molecular flexibility index (Phi) is 4.15. The van der Waals surface area contributed by atoms with Gasteiger partial charge in [-0.25, -0.2) is 4.98 Å². The van der Waals surface area contributed by atoms with Crippen molar-refractivity contribution < 1.29 is 0 Å². The summed E-state index contributed by atoms with van der Waals surface area (Å²) >= 11 is 3.46. The Morgan fingerprint density at radius 3 is 2.82 bits per heavy atom. The van der Waals surface area contributed by atoms with Crippen molar-refractivity contribution in [2.24, 2.45) is 5.73 Å². The van der Waals surface area contributed by atoms with E-state index in [-0.39, 0.29) is 6.04 Å². The molecule has 0 aliphatic rings. The number of hydrogen-bond acceptors (Lipinski definition) is 5. The largest absolute Gasteiger partial charge is 0.343 e. The zero-order valence-electron chi connectivity index (χ0n) is 10.1. The maximum atomic E-state index is 5.83. The Bertz CT molecular complexity index is 448. The van der Waals surface area contributed by atoms with Gasteiger partial charge in [-0.2, -0.15) is 0 Å². The summed E-state index contributed by atoms with van der Waals surface area (Å²) in [5, 5.41) is 5.23. The van der Waals surface area contributed by atoms with Crippen LogP contribution in [0.25, 0.3) is 0 Å². The first-order valence-electron chi connectivity index (χ1n) is 5.69. The molecule has 5 heteroatoms. The minimum atomic E-state index is 0.0143. The lowest BCUT2D eigenvalue weighted by Gasteiger charge is -2.18. The summed E-state index contributed by atoms with van der Waals surface area (Å²) in [5.74, 6) is 0. The number of rotatable bonds is 5. The monoisotopic (exact) mass is 267 g/mol. The highest BCUT2D eigenvalue weighted by molar-refractivity contribution is 7.13. The molecule has 2 rings (SSSR count). The van der Waals surface area contributed by atoms with E-state index in [2.05, 4.69) is 39.7 Å². The molecule has 17 heavy (non-hydrogen) atoms. The van der Waals surface area contributed by atoms with Gasteiger partial charge in [0.05, 0.1) is 12.2 Å². The highest BCUT2D eigenvalue weighted by Gasteiger charge is 2.12. The Morgan fingerprint density at radius 1 is 1.47 bits per heavy atom. The minimum Gasteiger partial charge on any atom is -0.343 e. The maximum Gasteiger partial charge on any atom is 0.185 e. The van der Waals surface area contributed by atoms with E-state index in [1.807, 2.05) is 6.92 Å². The Morgan fingerprint density at radius 2 is 2.29 bits per heavy atom. The fraction of sp³-hybridized carbons (Fsp3) is 0.417. The van der Waals surface area contributed by atoms with Gasteiger partial charge in [0, 0.05) is 22.8 Å². The third kappa shape index (κ3) is 3.06. The van der Waals surface area contributed by atoms with Crippen molar-refractivity contribution in [3.8, 4) is 0 Å². The van der Waals surface area contributed by atoms with Crippen LogP contribution in [0.2, 0.25) is 0 Å². The summed E-state index contributed by atoms with van der Waals surface area (Å²) < 4.78 is 0. The lowest BCUT2D eigenvalue weighted by molar-refractivity contribution is 0.775. The number of nitrogens with two attached hydrogens (primary N) is 1. The average Bonchev–Trinajstić information content (AvgIpc) is 2.96. The van der Waals surface area contributed by atoms with Crippen molar-refractivity contribution >= 4 is 27.8 Å². The molecule has 0 radical (unpaired) electrons. The van der Waals surface area contributed by atoms with Crippen molar-refractivity contribution in [3.05, 3.63) is 33.5 Å². The molecule has 0 aromatic carbocycles. The van der Waals surface area contributed by atoms with Gasteiger partial charge in [0.25, 0.3) is 0 Å². The molecular formula is C12H17N3S2. The van der Waals surface area contributed by atoms with Crippen LogP contribution in [0.4, 0.5) is 5.13 Å². The molecular weight excluding hydrogens is 250 g/mol. The van der Waals surface area contributed by atoms with Crippen molar-refractivity contribution in [1.29, 1.82) is 0 Å². The van der Waals surface area contributed by atoms with Crippen LogP contribution < -0.4 is 10.6 Å². The minimum absolute atomic E-state index is 0.0143. The quantitative estimate of drug-likeness (QED) is 0.904. The van der Waals surface area contributed by atoms with Crippen LogP contribution in [0.1, 0.15) is 30.5 Å². The normalized spacial score (nSPS) is 12.6. The third-order valence-electron chi connectivity index (χ3n) is 2.56. The van der Waals surface area contributed by atoms with E-state index >= 15 is 0 Å². The van der Waals surface area contributed by atoms with Crippen LogP contribution >= 0.6 is 22.7 Å². The molecule has 92 valence electrons. The van der Waals surface area contributed by atoms with Gasteiger partial charge in [-0.05, 0) is 25.3 Å². The van der Waals surface area contributed by atoms with E-state index < -0.39 is 0 Å². The Hall–Kier alpha value is -0.910. The standard InChI is InChI=1S/C12H17N3S2/c1-3-15(7-10-5-4-6-16-10)12-14-11(8-17-12)9(2)13/h4-6,8-9H,3,7,13H2,1-2H3. The molecule has 0 fully saturated rings. The molecule has 0 bridgehead atoms.